The minimum Gasteiger partial charge on any atom is -1.00 e. The molecule has 0 saturated carbocycles. The van der Waals surface area contributed by atoms with Crippen LogP contribution in [0.15, 0.2) is 53.4 Å². The second kappa shape index (κ2) is 22.1. The van der Waals surface area contributed by atoms with E-state index < -0.39 is 51.6 Å². The van der Waals surface area contributed by atoms with Crippen molar-refractivity contribution in [2.75, 3.05) is 39.3 Å². The summed E-state index contributed by atoms with van der Waals surface area (Å²) < 4.78 is 65.9. The molecule has 0 spiro atoms. The first-order chi connectivity index (χ1) is 21.2. The fraction of sp³-hybridized carbons (Fsp3) is 0.483. The largest absolute Gasteiger partial charge is 1.00 e. The van der Waals surface area contributed by atoms with Crippen LogP contribution in [0.25, 0.3) is 0 Å². The molecule has 12 nitrogen and oxygen atoms in total. The molecule has 0 radical (unpaired) electrons. The van der Waals surface area contributed by atoms with Crippen LogP contribution in [0.3, 0.4) is 0 Å². The molecule has 2 aromatic carbocycles. The van der Waals surface area contributed by atoms with Crippen molar-refractivity contribution in [2.24, 2.45) is 17.2 Å². The molecule has 0 aliphatic carbocycles. The summed E-state index contributed by atoms with van der Waals surface area (Å²) in [6.07, 6.45) is -5.11. The number of hydrogen-bond donors (Lipinski definition) is 5. The van der Waals surface area contributed by atoms with Gasteiger partial charge in [0.2, 0.25) is 27.7 Å². The number of nitrogens with zero attached hydrogens (tertiary/aromatic N) is 2. The van der Waals surface area contributed by atoms with Gasteiger partial charge in [0.15, 0.2) is 0 Å². The van der Waals surface area contributed by atoms with Crippen LogP contribution in [-0.4, -0.2) is 86.7 Å². The molecule has 0 aliphatic rings. The molecule has 0 heterocycles. The van der Waals surface area contributed by atoms with Crippen molar-refractivity contribution >= 4 is 27.7 Å². The number of benzene rings is 2. The number of alkyl halides is 3. The summed E-state index contributed by atoms with van der Waals surface area (Å²) in [6.45, 7) is 4.81. The highest BCUT2D eigenvalue weighted by Gasteiger charge is 2.31. The van der Waals surface area contributed by atoms with E-state index in [1.54, 1.807) is 13.8 Å². The maximum Gasteiger partial charge on any atom is 0.416 e. The number of nitrogens with two attached hydrogens (primary N) is 3. The predicted molar refractivity (Wildman–Crippen MR) is 163 cm³/mol. The van der Waals surface area contributed by atoms with Gasteiger partial charge in [0.1, 0.15) is 6.04 Å². The SMILES string of the molecule is CCN(CC)S(=O)(=O)c1ccc(CNC(=O)[C@H](Cc2ccc(C(F)(F)F)cc2)NC(=O)[C@@H](N)CC(=O)N(CCN)CCN)cc1.[Cl-].[Cl-].[Cl-]. The molecule has 0 aliphatic heterocycles. The Bertz CT molecular complexity index is 1380. The molecule has 2 aromatic rings. The fourth-order valence-corrected chi connectivity index (χ4v) is 5.90. The van der Waals surface area contributed by atoms with Crippen molar-refractivity contribution in [1.29, 1.82) is 0 Å². The van der Waals surface area contributed by atoms with Gasteiger partial charge in [0.25, 0.3) is 0 Å². The van der Waals surface area contributed by atoms with E-state index >= 15 is 0 Å². The number of rotatable bonds is 17. The zero-order chi connectivity index (χ0) is 33.8. The van der Waals surface area contributed by atoms with Gasteiger partial charge < -0.3 is 70.0 Å². The van der Waals surface area contributed by atoms with Gasteiger partial charge in [-0.3, -0.25) is 14.4 Å². The van der Waals surface area contributed by atoms with E-state index in [-0.39, 0.29) is 87.7 Å². The van der Waals surface area contributed by atoms with Gasteiger partial charge in [-0.2, -0.15) is 17.5 Å². The lowest BCUT2D eigenvalue weighted by molar-refractivity contribution is -0.137. The van der Waals surface area contributed by atoms with Crippen LogP contribution >= 0.6 is 0 Å². The molecular weight excluding hydrogens is 722 g/mol. The number of sulfonamides is 1. The topological polar surface area (TPSA) is 194 Å². The molecule has 3 amide bonds. The average molecular weight is 764 g/mol. The quantitative estimate of drug-likeness (QED) is 0.105. The third-order valence-corrected chi connectivity index (χ3v) is 9.03. The lowest BCUT2D eigenvalue weighted by Crippen LogP contribution is -3.00. The Balaban J connectivity index is 0. The molecule has 0 saturated heterocycles. The Labute approximate surface area is 298 Å². The number of nitrogens with one attached hydrogen (secondary N) is 2. The van der Waals surface area contributed by atoms with Crippen LogP contribution in [-0.2, 0) is 43.5 Å². The molecular formula is C29H42Cl3F3N7O5S-3. The first-order valence-electron chi connectivity index (χ1n) is 14.4. The summed E-state index contributed by atoms with van der Waals surface area (Å²) >= 11 is 0. The van der Waals surface area contributed by atoms with Crippen LogP contribution in [0, 0.1) is 0 Å². The summed E-state index contributed by atoms with van der Waals surface area (Å²) in [5.41, 5.74) is 17.1. The standard InChI is InChI=1S/C29H42F3N7O5S.3ClH/c1-3-39(4-2)45(43,44)23-11-7-21(8-12-23)19-36-28(42)25(17-20-5-9-22(10-6-20)29(30,31)32)37-27(41)24(35)18-26(40)38(15-13-33)16-14-34;;;/h5-12,24-25H,3-4,13-19,33-35H2,1-2H3,(H,36,42)(H,37,41);3*1H/p-3/t24-,25-;;;/m0.../s1. The van der Waals surface area contributed by atoms with E-state index in [1.807, 2.05) is 0 Å². The highest BCUT2D eigenvalue weighted by atomic mass is 35.5. The second-order valence-electron chi connectivity index (χ2n) is 10.2. The molecule has 0 unspecified atom stereocenters. The van der Waals surface area contributed by atoms with Gasteiger partial charge in [-0.25, -0.2) is 8.42 Å². The van der Waals surface area contributed by atoms with Gasteiger partial charge in [-0.1, -0.05) is 38.1 Å². The summed E-state index contributed by atoms with van der Waals surface area (Å²) in [7, 11) is -3.68. The number of amides is 3. The minimum atomic E-state index is -4.55. The molecule has 2 atom stereocenters. The van der Waals surface area contributed by atoms with E-state index in [9.17, 15) is 36.0 Å². The van der Waals surface area contributed by atoms with Crippen molar-refractivity contribution < 1.29 is 73.2 Å². The summed E-state index contributed by atoms with van der Waals surface area (Å²) in [5, 5.41) is 5.16. The normalized spacial score (nSPS) is 12.4. The number of halogens is 6. The van der Waals surface area contributed by atoms with Crippen molar-refractivity contribution in [3.63, 3.8) is 0 Å². The van der Waals surface area contributed by atoms with Crippen molar-refractivity contribution in [1.82, 2.24) is 19.8 Å². The lowest BCUT2D eigenvalue weighted by Gasteiger charge is -2.24. The zero-order valence-electron chi connectivity index (χ0n) is 26.5. The maximum absolute atomic E-state index is 13.2. The van der Waals surface area contributed by atoms with E-state index in [1.165, 1.54) is 45.6 Å². The minimum absolute atomic E-state index is 0. The van der Waals surface area contributed by atoms with E-state index in [4.69, 9.17) is 17.2 Å². The molecule has 2 rings (SSSR count). The first-order valence-corrected chi connectivity index (χ1v) is 15.9. The monoisotopic (exact) mass is 762 g/mol. The molecule has 274 valence electrons. The molecule has 48 heavy (non-hydrogen) atoms. The van der Waals surface area contributed by atoms with Gasteiger partial charge in [0.05, 0.1) is 22.9 Å². The Morgan fingerprint density at radius 2 is 1.33 bits per heavy atom. The van der Waals surface area contributed by atoms with E-state index in [0.717, 1.165) is 12.1 Å². The summed E-state index contributed by atoms with van der Waals surface area (Å²) in [6, 6.07) is 7.46. The summed E-state index contributed by atoms with van der Waals surface area (Å²) in [4.78, 5) is 40.3. The van der Waals surface area contributed by atoms with Crippen molar-refractivity contribution in [2.45, 2.75) is 56.4 Å². The Morgan fingerprint density at radius 3 is 1.79 bits per heavy atom. The molecule has 0 aromatic heterocycles. The van der Waals surface area contributed by atoms with Crippen LogP contribution in [0.5, 0.6) is 0 Å². The lowest BCUT2D eigenvalue weighted by atomic mass is 10.0. The Morgan fingerprint density at radius 1 is 0.833 bits per heavy atom. The highest BCUT2D eigenvalue weighted by molar-refractivity contribution is 7.89. The van der Waals surface area contributed by atoms with Gasteiger partial charge in [-0.05, 0) is 35.4 Å². The molecule has 0 bridgehead atoms. The Kier molecular flexibility index (Phi) is 21.8. The van der Waals surface area contributed by atoms with Gasteiger partial charge >= 0.3 is 6.18 Å². The van der Waals surface area contributed by atoms with Gasteiger partial charge in [-0.15, -0.1) is 0 Å². The first kappa shape index (κ1) is 47.4. The van der Waals surface area contributed by atoms with E-state index in [0.29, 0.717) is 24.2 Å². The third-order valence-electron chi connectivity index (χ3n) is 6.97. The number of hydrogen-bond acceptors (Lipinski definition) is 8. The van der Waals surface area contributed by atoms with Gasteiger partial charge in [0, 0.05) is 52.2 Å². The van der Waals surface area contributed by atoms with Crippen molar-refractivity contribution in [3.8, 4) is 0 Å². The Hall–Kier alpha value is -2.70. The molecule has 8 N–H and O–H groups in total. The second-order valence-corrected chi connectivity index (χ2v) is 12.1. The zero-order valence-corrected chi connectivity index (χ0v) is 29.6. The van der Waals surface area contributed by atoms with Crippen LogP contribution < -0.4 is 65.1 Å². The number of carbonyl (C=O) groups excluding carboxylic acids is 3. The molecule has 19 heteroatoms. The maximum atomic E-state index is 13.2. The van der Waals surface area contributed by atoms with Crippen LogP contribution in [0.1, 0.15) is 37.0 Å². The van der Waals surface area contributed by atoms with Crippen LogP contribution in [0.4, 0.5) is 13.2 Å². The summed E-state index contributed by atoms with van der Waals surface area (Å²) in [5.74, 6) is -1.94. The van der Waals surface area contributed by atoms with Crippen molar-refractivity contribution in [3.05, 3.63) is 65.2 Å². The third kappa shape index (κ3) is 14.0. The van der Waals surface area contributed by atoms with Crippen LogP contribution in [0.2, 0.25) is 0 Å². The number of carbonyl (C=O) groups is 3. The highest BCUT2D eigenvalue weighted by Crippen LogP contribution is 2.29. The van der Waals surface area contributed by atoms with E-state index in [2.05, 4.69) is 10.6 Å². The predicted octanol–water partition coefficient (Wildman–Crippen LogP) is -8.45. The smallest absolute Gasteiger partial charge is 0.416 e. The fourth-order valence-electron chi connectivity index (χ4n) is 4.44. The molecule has 0 fully saturated rings. The average Bonchev–Trinajstić information content (AvgIpc) is 2.99.